The van der Waals surface area contributed by atoms with E-state index in [0.717, 1.165) is 23.3 Å². The fourth-order valence-electron chi connectivity index (χ4n) is 3.06. The summed E-state index contributed by atoms with van der Waals surface area (Å²) in [4.78, 5) is 23.6. The summed E-state index contributed by atoms with van der Waals surface area (Å²) >= 11 is 0. The van der Waals surface area contributed by atoms with Crippen molar-refractivity contribution in [3.63, 3.8) is 0 Å². The molecule has 23 heavy (non-hydrogen) atoms. The van der Waals surface area contributed by atoms with E-state index in [9.17, 15) is 4.79 Å². The van der Waals surface area contributed by atoms with Crippen LogP contribution in [-0.2, 0) is 6.54 Å². The molecule has 0 aliphatic carbocycles. The Balaban J connectivity index is 1.84. The van der Waals surface area contributed by atoms with Crippen molar-refractivity contribution in [2.24, 2.45) is 0 Å². The monoisotopic (exact) mass is 310 g/mol. The molecule has 3 aromatic rings. The van der Waals surface area contributed by atoms with E-state index < -0.39 is 0 Å². The lowest BCUT2D eigenvalue weighted by atomic mass is 10.1. The molecule has 0 bridgehead atoms. The Hall–Kier alpha value is -2.70. The second-order valence-electron chi connectivity index (χ2n) is 6.11. The summed E-state index contributed by atoms with van der Waals surface area (Å²) in [5, 5.41) is 5.19. The standard InChI is InChI=1S/C16H18N6O/c1-10(2)22-14-13(9-18-22)12(8-11(3)19-14)15(23)21-7-6-20-5-4-17-16(20)21/h4-5,8-10H,6-7H2,1-3H3. The summed E-state index contributed by atoms with van der Waals surface area (Å²) in [6.07, 6.45) is 5.35. The Morgan fingerprint density at radius 2 is 2.13 bits per heavy atom. The van der Waals surface area contributed by atoms with Crippen molar-refractivity contribution >= 4 is 22.9 Å². The Bertz CT molecular complexity index is 907. The Labute approximate surface area is 133 Å². The van der Waals surface area contributed by atoms with E-state index >= 15 is 0 Å². The molecule has 0 aromatic carbocycles. The maximum atomic E-state index is 13.1. The van der Waals surface area contributed by atoms with Gasteiger partial charge < -0.3 is 4.57 Å². The largest absolute Gasteiger partial charge is 0.315 e. The molecule has 1 aliphatic rings. The number of aromatic nitrogens is 5. The minimum Gasteiger partial charge on any atom is -0.315 e. The summed E-state index contributed by atoms with van der Waals surface area (Å²) in [5.74, 6) is 0.655. The topological polar surface area (TPSA) is 68.8 Å². The van der Waals surface area contributed by atoms with Crippen LogP contribution in [0.1, 0.15) is 35.9 Å². The molecule has 0 saturated carbocycles. The van der Waals surface area contributed by atoms with Crippen molar-refractivity contribution < 1.29 is 4.79 Å². The number of nitrogens with zero attached hydrogens (tertiary/aromatic N) is 6. The van der Waals surface area contributed by atoms with Gasteiger partial charge in [-0.05, 0) is 26.8 Å². The lowest BCUT2D eigenvalue weighted by molar-refractivity contribution is 0.0990. The third-order valence-electron chi connectivity index (χ3n) is 4.16. The van der Waals surface area contributed by atoms with Crippen LogP contribution >= 0.6 is 0 Å². The van der Waals surface area contributed by atoms with Crippen molar-refractivity contribution in [1.29, 1.82) is 0 Å². The third-order valence-corrected chi connectivity index (χ3v) is 4.16. The van der Waals surface area contributed by atoms with Gasteiger partial charge in [-0.25, -0.2) is 14.6 Å². The molecule has 1 amide bonds. The smallest absolute Gasteiger partial charge is 0.261 e. The van der Waals surface area contributed by atoms with Crippen molar-refractivity contribution in [3.8, 4) is 0 Å². The van der Waals surface area contributed by atoms with Gasteiger partial charge in [-0.15, -0.1) is 0 Å². The second kappa shape index (κ2) is 4.91. The molecule has 7 nitrogen and oxygen atoms in total. The zero-order chi connectivity index (χ0) is 16.1. The molecular weight excluding hydrogens is 292 g/mol. The molecule has 0 N–H and O–H groups in total. The number of hydrogen-bond acceptors (Lipinski definition) is 4. The number of carbonyl (C=O) groups is 1. The second-order valence-corrected chi connectivity index (χ2v) is 6.11. The van der Waals surface area contributed by atoms with Crippen LogP contribution in [-0.4, -0.2) is 36.8 Å². The van der Waals surface area contributed by atoms with Crippen LogP contribution in [0.25, 0.3) is 11.0 Å². The summed E-state index contributed by atoms with van der Waals surface area (Å²) in [5.41, 5.74) is 2.20. The quantitative estimate of drug-likeness (QED) is 0.727. The minimum atomic E-state index is -0.0474. The van der Waals surface area contributed by atoms with Crippen molar-refractivity contribution in [2.75, 3.05) is 11.4 Å². The third kappa shape index (κ3) is 2.03. The Kier molecular flexibility index (Phi) is 2.97. The highest BCUT2D eigenvalue weighted by atomic mass is 16.2. The van der Waals surface area contributed by atoms with Crippen LogP contribution in [0.3, 0.4) is 0 Å². The highest BCUT2D eigenvalue weighted by Crippen LogP contribution is 2.26. The number of anilines is 1. The minimum absolute atomic E-state index is 0.0474. The maximum absolute atomic E-state index is 13.1. The van der Waals surface area contributed by atoms with Gasteiger partial charge in [0, 0.05) is 37.2 Å². The molecule has 0 fully saturated rings. The van der Waals surface area contributed by atoms with Crippen LogP contribution in [0.15, 0.2) is 24.7 Å². The van der Waals surface area contributed by atoms with Crippen LogP contribution < -0.4 is 4.90 Å². The number of rotatable bonds is 2. The fraction of sp³-hybridized carbons (Fsp3) is 0.375. The van der Waals surface area contributed by atoms with Gasteiger partial charge in [-0.3, -0.25) is 9.69 Å². The highest BCUT2D eigenvalue weighted by Gasteiger charge is 2.28. The average molecular weight is 310 g/mol. The SMILES string of the molecule is Cc1cc(C(=O)N2CCn3ccnc32)c2cnn(C(C)C)c2n1. The number of amides is 1. The predicted octanol–water partition coefficient (Wildman–Crippen LogP) is 2.18. The molecule has 4 rings (SSSR count). The number of fused-ring (bicyclic) bond motifs is 2. The summed E-state index contributed by atoms with van der Waals surface area (Å²) in [6.45, 7) is 7.42. The number of aryl methyl sites for hydroxylation is 1. The Morgan fingerprint density at radius 1 is 1.30 bits per heavy atom. The molecule has 0 radical (unpaired) electrons. The van der Waals surface area contributed by atoms with Crippen molar-refractivity contribution in [3.05, 3.63) is 35.9 Å². The highest BCUT2D eigenvalue weighted by molar-refractivity contribution is 6.12. The number of hydrogen-bond donors (Lipinski definition) is 0. The molecule has 0 spiro atoms. The molecular formula is C16H18N6O. The van der Waals surface area contributed by atoms with Gasteiger partial charge in [0.2, 0.25) is 5.95 Å². The average Bonchev–Trinajstić information content (AvgIpc) is 3.19. The maximum Gasteiger partial charge on any atom is 0.261 e. The summed E-state index contributed by atoms with van der Waals surface area (Å²) in [7, 11) is 0. The summed E-state index contributed by atoms with van der Waals surface area (Å²) < 4.78 is 3.84. The van der Waals surface area contributed by atoms with Gasteiger partial charge in [-0.2, -0.15) is 5.10 Å². The molecule has 118 valence electrons. The van der Waals surface area contributed by atoms with Crippen LogP contribution in [0.4, 0.5) is 5.95 Å². The van der Waals surface area contributed by atoms with Crippen LogP contribution in [0.2, 0.25) is 0 Å². The lowest BCUT2D eigenvalue weighted by Crippen LogP contribution is -2.29. The zero-order valence-corrected chi connectivity index (χ0v) is 13.4. The van der Waals surface area contributed by atoms with Gasteiger partial charge in [0.25, 0.3) is 5.91 Å². The van der Waals surface area contributed by atoms with E-state index in [1.807, 2.05) is 28.4 Å². The molecule has 0 saturated heterocycles. The number of pyridine rings is 1. The van der Waals surface area contributed by atoms with E-state index in [2.05, 4.69) is 28.9 Å². The van der Waals surface area contributed by atoms with E-state index in [1.54, 1.807) is 17.3 Å². The van der Waals surface area contributed by atoms with Gasteiger partial charge >= 0.3 is 0 Å². The number of imidazole rings is 1. The van der Waals surface area contributed by atoms with Gasteiger partial charge in [0.15, 0.2) is 5.65 Å². The fourth-order valence-corrected chi connectivity index (χ4v) is 3.06. The predicted molar refractivity (Wildman–Crippen MR) is 86.6 cm³/mol. The normalized spacial score (nSPS) is 14.0. The van der Waals surface area contributed by atoms with Crippen molar-refractivity contribution in [2.45, 2.75) is 33.4 Å². The van der Waals surface area contributed by atoms with E-state index in [1.165, 1.54) is 0 Å². The van der Waals surface area contributed by atoms with Gasteiger partial charge in [0.1, 0.15) is 0 Å². The molecule has 0 atom stereocenters. The molecule has 4 heterocycles. The first kappa shape index (κ1) is 13.9. The zero-order valence-electron chi connectivity index (χ0n) is 13.4. The van der Waals surface area contributed by atoms with E-state index in [0.29, 0.717) is 18.1 Å². The number of carbonyl (C=O) groups excluding carboxylic acids is 1. The van der Waals surface area contributed by atoms with E-state index in [-0.39, 0.29) is 11.9 Å². The first-order chi connectivity index (χ1) is 11.1. The first-order valence-electron chi connectivity index (χ1n) is 7.74. The first-order valence-corrected chi connectivity index (χ1v) is 7.74. The lowest BCUT2D eigenvalue weighted by Gasteiger charge is -2.15. The molecule has 0 unspecified atom stereocenters. The molecule has 7 heteroatoms. The molecule has 1 aliphatic heterocycles. The van der Waals surface area contributed by atoms with E-state index in [4.69, 9.17) is 0 Å². The van der Waals surface area contributed by atoms with Crippen LogP contribution in [0, 0.1) is 6.92 Å². The van der Waals surface area contributed by atoms with Crippen molar-refractivity contribution in [1.82, 2.24) is 24.3 Å². The van der Waals surface area contributed by atoms with Gasteiger partial charge in [-0.1, -0.05) is 0 Å². The van der Waals surface area contributed by atoms with Gasteiger partial charge in [0.05, 0.1) is 17.1 Å². The Morgan fingerprint density at radius 3 is 2.91 bits per heavy atom. The summed E-state index contributed by atoms with van der Waals surface area (Å²) in [6, 6.07) is 2.03. The molecule has 3 aromatic heterocycles. The van der Waals surface area contributed by atoms with Crippen LogP contribution in [0.5, 0.6) is 0 Å².